The zero-order valence-corrected chi connectivity index (χ0v) is 10.9. The predicted molar refractivity (Wildman–Crippen MR) is 72.6 cm³/mol. The molecule has 0 fully saturated rings. The van der Waals surface area contributed by atoms with E-state index in [0.29, 0.717) is 13.1 Å². The summed E-state index contributed by atoms with van der Waals surface area (Å²) in [5.41, 5.74) is 2.98. The van der Waals surface area contributed by atoms with E-state index in [-0.39, 0.29) is 5.56 Å². The van der Waals surface area contributed by atoms with Crippen LogP contribution in [0.2, 0.25) is 0 Å². The van der Waals surface area contributed by atoms with E-state index in [2.05, 4.69) is 10.4 Å². The zero-order valence-electron chi connectivity index (χ0n) is 10.9. The topological polar surface area (TPSA) is 59.0 Å². The molecular weight excluding hydrogens is 242 g/mol. The molecule has 0 amide bonds. The number of benzene rings is 1. The smallest absolute Gasteiger partial charge is 0.271 e. The average Bonchev–Trinajstić information content (AvgIpc) is 2.77. The van der Waals surface area contributed by atoms with Gasteiger partial charge in [-0.25, -0.2) is 4.68 Å². The first-order valence-corrected chi connectivity index (χ1v) is 6.43. The number of para-hydroxylation sites is 1. The fourth-order valence-electron chi connectivity index (χ4n) is 2.50. The van der Waals surface area contributed by atoms with Crippen molar-refractivity contribution in [3.8, 4) is 5.75 Å². The number of methoxy groups -OCH3 is 1. The average molecular weight is 259 g/mol. The number of hydrogen-bond acceptors (Lipinski definition) is 3. The van der Waals surface area contributed by atoms with Crippen LogP contribution >= 0.6 is 0 Å². The van der Waals surface area contributed by atoms with Gasteiger partial charge in [-0.3, -0.25) is 9.89 Å². The Kier molecular flexibility index (Phi) is 3.13. The Morgan fingerprint density at radius 3 is 3.00 bits per heavy atom. The van der Waals surface area contributed by atoms with Gasteiger partial charge in [0.2, 0.25) is 0 Å². The number of aromatic nitrogens is 2. The van der Waals surface area contributed by atoms with Crippen molar-refractivity contribution in [3.63, 3.8) is 0 Å². The third kappa shape index (κ3) is 2.17. The molecule has 19 heavy (non-hydrogen) atoms. The third-order valence-electron chi connectivity index (χ3n) is 3.51. The van der Waals surface area contributed by atoms with Crippen molar-refractivity contribution in [3.05, 3.63) is 51.4 Å². The first-order valence-electron chi connectivity index (χ1n) is 6.43. The highest BCUT2D eigenvalue weighted by atomic mass is 16.5. The highest BCUT2D eigenvalue weighted by molar-refractivity contribution is 5.33. The Bertz CT molecular complexity index is 642. The Hall–Kier alpha value is -2.01. The molecule has 5 nitrogen and oxygen atoms in total. The fraction of sp³-hybridized carbons (Fsp3) is 0.357. The molecule has 0 bridgehead atoms. The lowest BCUT2D eigenvalue weighted by atomic mass is 10.1. The SMILES string of the molecule is COc1ccccc1Cn1[nH]c2c(c1=O)CNCC2. The molecule has 100 valence electrons. The molecule has 1 aliphatic heterocycles. The Labute approximate surface area is 111 Å². The molecule has 2 N–H and O–H groups in total. The van der Waals surface area contributed by atoms with Crippen molar-refractivity contribution in [1.29, 1.82) is 0 Å². The number of nitrogens with one attached hydrogen (secondary N) is 2. The number of ether oxygens (including phenoxy) is 1. The quantitative estimate of drug-likeness (QED) is 0.860. The minimum Gasteiger partial charge on any atom is -0.496 e. The zero-order chi connectivity index (χ0) is 13.2. The summed E-state index contributed by atoms with van der Waals surface area (Å²) in [6.07, 6.45) is 0.878. The molecular formula is C14H17N3O2. The van der Waals surface area contributed by atoms with Crippen LogP contribution in [0.5, 0.6) is 5.75 Å². The van der Waals surface area contributed by atoms with Gasteiger partial charge in [-0.2, -0.15) is 0 Å². The minimum absolute atomic E-state index is 0.0631. The predicted octanol–water partition coefficient (Wildman–Crippen LogP) is 0.879. The van der Waals surface area contributed by atoms with Gasteiger partial charge in [-0.1, -0.05) is 18.2 Å². The number of H-pyrrole nitrogens is 1. The summed E-state index contributed by atoms with van der Waals surface area (Å²) in [5.74, 6) is 0.806. The lowest BCUT2D eigenvalue weighted by molar-refractivity contribution is 0.407. The van der Waals surface area contributed by atoms with Gasteiger partial charge >= 0.3 is 0 Å². The van der Waals surface area contributed by atoms with Crippen molar-refractivity contribution in [2.24, 2.45) is 0 Å². The summed E-state index contributed by atoms with van der Waals surface area (Å²) in [5, 5.41) is 6.43. The minimum atomic E-state index is 0.0631. The van der Waals surface area contributed by atoms with Crippen LogP contribution in [-0.4, -0.2) is 23.4 Å². The molecule has 0 spiro atoms. The molecule has 2 aromatic rings. The standard InChI is InChI=1S/C14H17N3O2/c1-19-13-5-3-2-4-10(13)9-17-14(18)11-8-15-7-6-12(11)16-17/h2-5,15-16H,6-9H2,1H3. The van der Waals surface area contributed by atoms with Gasteiger partial charge in [-0.15, -0.1) is 0 Å². The summed E-state index contributed by atoms with van der Waals surface area (Å²) < 4.78 is 6.98. The van der Waals surface area contributed by atoms with Gasteiger partial charge in [0.15, 0.2) is 0 Å². The van der Waals surface area contributed by atoms with Crippen LogP contribution in [0.15, 0.2) is 29.1 Å². The van der Waals surface area contributed by atoms with Crippen molar-refractivity contribution in [2.45, 2.75) is 19.5 Å². The van der Waals surface area contributed by atoms with Crippen LogP contribution in [0.3, 0.4) is 0 Å². The van der Waals surface area contributed by atoms with Gasteiger partial charge in [0.05, 0.1) is 19.2 Å². The summed E-state index contributed by atoms with van der Waals surface area (Å²) in [6, 6.07) is 7.76. The first kappa shape index (κ1) is 12.0. The van der Waals surface area contributed by atoms with E-state index < -0.39 is 0 Å². The molecule has 0 atom stereocenters. The van der Waals surface area contributed by atoms with E-state index in [9.17, 15) is 4.79 Å². The summed E-state index contributed by atoms with van der Waals surface area (Å²) in [6.45, 7) is 2.08. The molecule has 0 saturated carbocycles. The molecule has 1 aromatic carbocycles. The van der Waals surface area contributed by atoms with Gasteiger partial charge in [-0.05, 0) is 6.07 Å². The summed E-state index contributed by atoms with van der Waals surface area (Å²) in [7, 11) is 1.64. The van der Waals surface area contributed by atoms with Crippen LogP contribution in [0.4, 0.5) is 0 Å². The van der Waals surface area contributed by atoms with E-state index in [1.165, 1.54) is 0 Å². The lowest BCUT2D eigenvalue weighted by Crippen LogP contribution is -2.27. The van der Waals surface area contributed by atoms with Gasteiger partial charge < -0.3 is 10.1 Å². The summed E-state index contributed by atoms with van der Waals surface area (Å²) >= 11 is 0. The summed E-state index contributed by atoms with van der Waals surface area (Å²) in [4.78, 5) is 12.3. The number of nitrogens with zero attached hydrogens (tertiary/aromatic N) is 1. The highest BCUT2D eigenvalue weighted by Crippen LogP contribution is 2.18. The van der Waals surface area contributed by atoms with Crippen molar-refractivity contribution in [2.75, 3.05) is 13.7 Å². The van der Waals surface area contributed by atoms with Gasteiger partial charge in [0, 0.05) is 30.8 Å². The monoisotopic (exact) mass is 259 g/mol. The van der Waals surface area contributed by atoms with E-state index in [0.717, 1.165) is 35.5 Å². The third-order valence-corrected chi connectivity index (χ3v) is 3.51. The maximum Gasteiger partial charge on any atom is 0.271 e. The molecule has 0 saturated heterocycles. The van der Waals surface area contributed by atoms with Crippen LogP contribution in [0.25, 0.3) is 0 Å². The van der Waals surface area contributed by atoms with E-state index in [1.54, 1.807) is 11.8 Å². The first-order chi connectivity index (χ1) is 9.29. The maximum absolute atomic E-state index is 12.3. The van der Waals surface area contributed by atoms with Crippen LogP contribution in [-0.2, 0) is 19.5 Å². The highest BCUT2D eigenvalue weighted by Gasteiger charge is 2.17. The molecule has 5 heteroatoms. The lowest BCUT2D eigenvalue weighted by Gasteiger charge is -2.09. The van der Waals surface area contributed by atoms with Gasteiger partial charge in [0.25, 0.3) is 5.56 Å². The van der Waals surface area contributed by atoms with Crippen LogP contribution < -0.4 is 15.6 Å². The maximum atomic E-state index is 12.3. The number of hydrogen-bond donors (Lipinski definition) is 2. The van der Waals surface area contributed by atoms with E-state index in [1.807, 2.05) is 24.3 Å². The molecule has 0 radical (unpaired) electrons. The number of fused-ring (bicyclic) bond motifs is 1. The Morgan fingerprint density at radius 1 is 1.37 bits per heavy atom. The Balaban J connectivity index is 1.95. The normalized spacial score (nSPS) is 14.2. The van der Waals surface area contributed by atoms with Crippen molar-refractivity contribution >= 4 is 0 Å². The van der Waals surface area contributed by atoms with Crippen molar-refractivity contribution < 1.29 is 4.74 Å². The van der Waals surface area contributed by atoms with Gasteiger partial charge in [0.1, 0.15) is 5.75 Å². The van der Waals surface area contributed by atoms with Crippen LogP contribution in [0.1, 0.15) is 16.8 Å². The largest absolute Gasteiger partial charge is 0.496 e. The van der Waals surface area contributed by atoms with Crippen molar-refractivity contribution in [1.82, 2.24) is 15.1 Å². The van der Waals surface area contributed by atoms with E-state index in [4.69, 9.17) is 4.74 Å². The van der Waals surface area contributed by atoms with E-state index >= 15 is 0 Å². The molecule has 0 unspecified atom stereocenters. The molecule has 1 aromatic heterocycles. The Morgan fingerprint density at radius 2 is 2.21 bits per heavy atom. The second-order valence-electron chi connectivity index (χ2n) is 4.70. The molecule has 3 rings (SSSR count). The fourth-order valence-corrected chi connectivity index (χ4v) is 2.50. The van der Waals surface area contributed by atoms with Crippen LogP contribution in [0, 0.1) is 0 Å². The molecule has 0 aliphatic carbocycles. The molecule has 2 heterocycles. The molecule has 1 aliphatic rings. The number of aromatic amines is 1. The number of rotatable bonds is 3. The second-order valence-corrected chi connectivity index (χ2v) is 4.70. The second kappa shape index (κ2) is 4.93.